The van der Waals surface area contributed by atoms with Crippen LogP contribution in [0.4, 0.5) is 0 Å². The summed E-state index contributed by atoms with van der Waals surface area (Å²) in [7, 11) is 1.82. The number of benzene rings is 1. The highest BCUT2D eigenvalue weighted by Gasteiger charge is 2.23. The van der Waals surface area contributed by atoms with Gasteiger partial charge in [-0.1, -0.05) is 26.0 Å². The number of amides is 1. The number of rotatable bonds is 8. The molecular formula is C21H35IN4O2. The number of primary amides is 1. The molecule has 28 heavy (non-hydrogen) atoms. The van der Waals surface area contributed by atoms with Crippen molar-refractivity contribution in [3.05, 3.63) is 29.8 Å². The number of aliphatic imine (C=N–C) groups is 1. The van der Waals surface area contributed by atoms with Gasteiger partial charge < -0.3 is 21.1 Å². The lowest BCUT2D eigenvalue weighted by molar-refractivity contribution is -0.119. The molecule has 0 aliphatic heterocycles. The largest absolute Gasteiger partial charge is 0.484 e. The molecule has 1 saturated carbocycles. The summed E-state index contributed by atoms with van der Waals surface area (Å²) in [6.45, 7) is 5.37. The minimum atomic E-state index is -0.472. The Hall–Kier alpha value is -1.51. The lowest BCUT2D eigenvalue weighted by Crippen LogP contribution is -2.45. The molecule has 0 aromatic heterocycles. The molecule has 0 unspecified atom stereocenters. The first kappa shape index (κ1) is 24.5. The van der Waals surface area contributed by atoms with E-state index in [0.29, 0.717) is 11.8 Å². The standard InChI is InChI=1S/C21H34N4O2.HI/c1-15(2)17-6-8-18(9-7-17)25-21(23-3)24-13-12-16-4-10-19(11-5-16)27-14-20(22)26;/h4-5,10-11,15,17-18H,6-9,12-14H2,1-3H3,(H2,22,26)(H2,23,24,25);1H. The second-order valence-electron chi connectivity index (χ2n) is 7.65. The predicted octanol–water partition coefficient (Wildman–Crippen LogP) is 3.09. The van der Waals surface area contributed by atoms with Gasteiger partial charge in [0.05, 0.1) is 0 Å². The van der Waals surface area contributed by atoms with E-state index < -0.39 is 5.91 Å². The van der Waals surface area contributed by atoms with Crippen molar-refractivity contribution in [2.75, 3.05) is 20.2 Å². The summed E-state index contributed by atoms with van der Waals surface area (Å²) in [5.41, 5.74) is 6.27. The third-order valence-corrected chi connectivity index (χ3v) is 5.29. The third kappa shape index (κ3) is 8.67. The van der Waals surface area contributed by atoms with Crippen molar-refractivity contribution in [1.82, 2.24) is 10.6 Å². The van der Waals surface area contributed by atoms with Crippen LogP contribution in [0.1, 0.15) is 45.1 Å². The number of hydrogen-bond donors (Lipinski definition) is 3. The van der Waals surface area contributed by atoms with Crippen LogP contribution >= 0.6 is 24.0 Å². The molecule has 0 atom stereocenters. The molecule has 1 amide bonds. The minimum absolute atomic E-state index is 0. The predicted molar refractivity (Wildman–Crippen MR) is 125 cm³/mol. The van der Waals surface area contributed by atoms with Gasteiger partial charge in [0.1, 0.15) is 5.75 Å². The first-order valence-corrected chi connectivity index (χ1v) is 9.95. The normalized spacial score (nSPS) is 19.6. The Morgan fingerprint density at radius 2 is 1.86 bits per heavy atom. The van der Waals surface area contributed by atoms with Gasteiger partial charge in [0, 0.05) is 19.6 Å². The molecule has 6 nitrogen and oxygen atoms in total. The van der Waals surface area contributed by atoms with Crippen molar-refractivity contribution in [3.8, 4) is 5.75 Å². The molecule has 0 spiro atoms. The van der Waals surface area contributed by atoms with Gasteiger partial charge in [-0.2, -0.15) is 0 Å². The number of carbonyl (C=O) groups excluding carboxylic acids is 1. The summed E-state index contributed by atoms with van der Waals surface area (Å²) >= 11 is 0. The van der Waals surface area contributed by atoms with Crippen molar-refractivity contribution >= 4 is 35.8 Å². The lowest BCUT2D eigenvalue weighted by Gasteiger charge is -2.32. The maximum absolute atomic E-state index is 10.7. The minimum Gasteiger partial charge on any atom is -0.484 e. The van der Waals surface area contributed by atoms with Crippen LogP contribution in [0.3, 0.4) is 0 Å². The second-order valence-corrected chi connectivity index (χ2v) is 7.65. The first-order valence-electron chi connectivity index (χ1n) is 9.95. The Morgan fingerprint density at radius 1 is 1.21 bits per heavy atom. The highest BCUT2D eigenvalue weighted by Crippen LogP contribution is 2.29. The highest BCUT2D eigenvalue weighted by molar-refractivity contribution is 14.0. The average Bonchev–Trinajstić information content (AvgIpc) is 2.67. The van der Waals surface area contributed by atoms with Crippen molar-refractivity contribution in [1.29, 1.82) is 0 Å². The van der Waals surface area contributed by atoms with E-state index in [1.54, 1.807) is 0 Å². The number of ether oxygens (including phenoxy) is 1. The van der Waals surface area contributed by atoms with Gasteiger partial charge in [-0.05, 0) is 61.6 Å². The summed E-state index contributed by atoms with van der Waals surface area (Å²) in [6.07, 6.45) is 5.93. The van der Waals surface area contributed by atoms with Crippen LogP contribution in [0.25, 0.3) is 0 Å². The van der Waals surface area contributed by atoms with Crippen LogP contribution < -0.4 is 21.1 Å². The molecule has 7 heteroatoms. The average molecular weight is 502 g/mol. The topological polar surface area (TPSA) is 88.7 Å². The molecule has 0 bridgehead atoms. The molecule has 158 valence electrons. The third-order valence-electron chi connectivity index (χ3n) is 5.29. The van der Waals surface area contributed by atoms with E-state index in [0.717, 1.165) is 30.8 Å². The van der Waals surface area contributed by atoms with E-state index in [1.807, 2.05) is 31.3 Å². The molecule has 4 N–H and O–H groups in total. The number of hydrogen-bond acceptors (Lipinski definition) is 3. The zero-order valence-electron chi connectivity index (χ0n) is 17.2. The highest BCUT2D eigenvalue weighted by atomic mass is 127. The molecule has 2 rings (SSSR count). The Morgan fingerprint density at radius 3 is 2.39 bits per heavy atom. The summed E-state index contributed by atoms with van der Waals surface area (Å²) in [6, 6.07) is 8.24. The van der Waals surface area contributed by atoms with Crippen LogP contribution in [0, 0.1) is 11.8 Å². The Labute approximate surface area is 186 Å². The second kappa shape index (κ2) is 12.9. The van der Waals surface area contributed by atoms with Gasteiger partial charge in [-0.3, -0.25) is 9.79 Å². The molecule has 1 fully saturated rings. The molecule has 1 aliphatic rings. The zero-order chi connectivity index (χ0) is 19.6. The number of nitrogens with zero attached hydrogens (tertiary/aromatic N) is 1. The van der Waals surface area contributed by atoms with E-state index in [1.165, 1.54) is 31.2 Å². The van der Waals surface area contributed by atoms with Gasteiger partial charge in [-0.15, -0.1) is 24.0 Å². The summed E-state index contributed by atoms with van der Waals surface area (Å²) in [4.78, 5) is 15.1. The number of nitrogens with two attached hydrogens (primary N) is 1. The number of halogens is 1. The fourth-order valence-corrected chi connectivity index (χ4v) is 3.55. The van der Waals surface area contributed by atoms with Crippen LogP contribution in [0.15, 0.2) is 29.3 Å². The molecule has 1 aromatic carbocycles. The van der Waals surface area contributed by atoms with Gasteiger partial charge >= 0.3 is 0 Å². The maximum Gasteiger partial charge on any atom is 0.255 e. The van der Waals surface area contributed by atoms with Crippen LogP contribution in [-0.4, -0.2) is 38.1 Å². The Kier molecular flexibility index (Phi) is 11.3. The van der Waals surface area contributed by atoms with Crippen LogP contribution in [-0.2, 0) is 11.2 Å². The summed E-state index contributed by atoms with van der Waals surface area (Å²) in [5.74, 6) is 2.72. The van der Waals surface area contributed by atoms with Crippen LogP contribution in [0.2, 0.25) is 0 Å². The van der Waals surface area contributed by atoms with Gasteiger partial charge in [-0.25, -0.2) is 0 Å². The molecular weight excluding hydrogens is 467 g/mol. The van der Waals surface area contributed by atoms with E-state index in [9.17, 15) is 4.79 Å². The number of nitrogens with one attached hydrogen (secondary N) is 2. The maximum atomic E-state index is 10.7. The number of guanidine groups is 1. The van der Waals surface area contributed by atoms with Crippen LogP contribution in [0.5, 0.6) is 5.75 Å². The van der Waals surface area contributed by atoms with Gasteiger partial charge in [0.25, 0.3) is 5.91 Å². The Bertz CT molecular complexity index is 611. The van der Waals surface area contributed by atoms with E-state index >= 15 is 0 Å². The van der Waals surface area contributed by atoms with E-state index in [4.69, 9.17) is 10.5 Å². The SMILES string of the molecule is CN=C(NCCc1ccc(OCC(N)=O)cc1)NC1CCC(C(C)C)CC1.I. The molecule has 0 radical (unpaired) electrons. The first-order chi connectivity index (χ1) is 13.0. The molecule has 0 heterocycles. The molecule has 1 aromatic rings. The Balaban J connectivity index is 0.00000392. The zero-order valence-corrected chi connectivity index (χ0v) is 19.6. The monoisotopic (exact) mass is 502 g/mol. The summed E-state index contributed by atoms with van der Waals surface area (Å²) < 4.78 is 5.27. The lowest BCUT2D eigenvalue weighted by atomic mass is 9.80. The number of carbonyl (C=O) groups is 1. The smallest absolute Gasteiger partial charge is 0.255 e. The quantitative estimate of drug-likeness (QED) is 0.290. The fraction of sp³-hybridized carbons (Fsp3) is 0.619. The van der Waals surface area contributed by atoms with Gasteiger partial charge in [0.2, 0.25) is 0 Å². The summed E-state index contributed by atoms with van der Waals surface area (Å²) in [5, 5.41) is 6.96. The van der Waals surface area contributed by atoms with E-state index in [2.05, 4.69) is 29.5 Å². The van der Waals surface area contributed by atoms with Crippen molar-refractivity contribution < 1.29 is 9.53 Å². The molecule has 0 saturated heterocycles. The van der Waals surface area contributed by atoms with Gasteiger partial charge in [0.15, 0.2) is 12.6 Å². The molecule has 1 aliphatic carbocycles. The van der Waals surface area contributed by atoms with E-state index in [-0.39, 0.29) is 30.6 Å². The van der Waals surface area contributed by atoms with Crippen molar-refractivity contribution in [2.45, 2.75) is 52.0 Å². The van der Waals surface area contributed by atoms with Crippen molar-refractivity contribution in [3.63, 3.8) is 0 Å². The fourth-order valence-electron chi connectivity index (χ4n) is 3.55. The van der Waals surface area contributed by atoms with Crippen molar-refractivity contribution in [2.24, 2.45) is 22.6 Å².